The molecule has 0 bridgehead atoms. The second-order valence-electron chi connectivity index (χ2n) is 6.12. The van der Waals surface area contributed by atoms with Crippen molar-refractivity contribution >= 4 is 11.0 Å². The predicted molar refractivity (Wildman–Crippen MR) is 90.6 cm³/mol. The zero-order valence-electron chi connectivity index (χ0n) is 13.9. The van der Waals surface area contributed by atoms with Crippen LogP contribution in [0.15, 0.2) is 33.0 Å². The van der Waals surface area contributed by atoms with Crippen molar-refractivity contribution < 1.29 is 13.9 Å². The Morgan fingerprint density at radius 1 is 1.22 bits per heavy atom. The molecule has 0 N–H and O–H groups in total. The van der Waals surface area contributed by atoms with Gasteiger partial charge in [-0.05, 0) is 63.3 Å². The van der Waals surface area contributed by atoms with E-state index in [0.717, 1.165) is 42.2 Å². The molecule has 0 spiro atoms. The molecule has 1 aliphatic carbocycles. The van der Waals surface area contributed by atoms with Crippen molar-refractivity contribution in [2.75, 3.05) is 13.7 Å². The fraction of sp³-hybridized carbons (Fsp3) is 0.421. The SMILES string of the molecule is COc1ccc2c3c(c(=O)oc2c1OCC=C(C)C)CCCC3. The van der Waals surface area contributed by atoms with Gasteiger partial charge < -0.3 is 13.9 Å². The molecule has 0 aliphatic heterocycles. The lowest BCUT2D eigenvalue weighted by molar-refractivity contribution is 0.323. The maximum Gasteiger partial charge on any atom is 0.339 e. The van der Waals surface area contributed by atoms with Crippen LogP contribution in [0.3, 0.4) is 0 Å². The lowest BCUT2D eigenvalue weighted by Gasteiger charge is -2.18. The van der Waals surface area contributed by atoms with E-state index in [-0.39, 0.29) is 5.63 Å². The number of ether oxygens (including phenoxy) is 2. The molecule has 2 aromatic rings. The molecule has 122 valence electrons. The first-order valence-electron chi connectivity index (χ1n) is 8.03. The van der Waals surface area contributed by atoms with Gasteiger partial charge in [0.15, 0.2) is 11.3 Å². The maximum absolute atomic E-state index is 12.3. The first-order valence-corrected chi connectivity index (χ1v) is 8.03. The highest BCUT2D eigenvalue weighted by Gasteiger charge is 2.21. The summed E-state index contributed by atoms with van der Waals surface area (Å²) in [6.07, 6.45) is 5.84. The Hall–Kier alpha value is -2.23. The van der Waals surface area contributed by atoms with Crippen molar-refractivity contribution in [3.8, 4) is 11.5 Å². The maximum atomic E-state index is 12.3. The molecule has 1 aromatic carbocycles. The summed E-state index contributed by atoms with van der Waals surface area (Å²) < 4.78 is 16.9. The zero-order chi connectivity index (χ0) is 16.4. The van der Waals surface area contributed by atoms with Crippen molar-refractivity contribution in [3.05, 3.63) is 45.3 Å². The topological polar surface area (TPSA) is 48.7 Å². The summed E-state index contributed by atoms with van der Waals surface area (Å²) in [7, 11) is 1.59. The highest BCUT2D eigenvalue weighted by molar-refractivity contribution is 5.89. The van der Waals surface area contributed by atoms with Gasteiger partial charge in [0.05, 0.1) is 7.11 Å². The van der Waals surface area contributed by atoms with Crippen LogP contribution in [-0.4, -0.2) is 13.7 Å². The fourth-order valence-corrected chi connectivity index (χ4v) is 3.05. The van der Waals surface area contributed by atoms with Gasteiger partial charge in [-0.15, -0.1) is 0 Å². The van der Waals surface area contributed by atoms with Crippen molar-refractivity contribution in [1.29, 1.82) is 0 Å². The standard InChI is InChI=1S/C19H22O4/c1-12(2)10-11-22-18-16(21-3)9-8-14-13-6-4-5-7-15(13)19(20)23-17(14)18/h8-10H,4-7,11H2,1-3H3. The van der Waals surface area contributed by atoms with E-state index >= 15 is 0 Å². The third kappa shape index (κ3) is 2.98. The van der Waals surface area contributed by atoms with Crippen LogP contribution in [0.4, 0.5) is 0 Å². The molecule has 1 aliphatic rings. The van der Waals surface area contributed by atoms with Crippen LogP contribution < -0.4 is 15.1 Å². The van der Waals surface area contributed by atoms with Gasteiger partial charge in [-0.3, -0.25) is 0 Å². The van der Waals surface area contributed by atoms with Crippen LogP contribution in [0.25, 0.3) is 11.0 Å². The summed E-state index contributed by atoms with van der Waals surface area (Å²) in [5, 5.41) is 0.965. The van der Waals surface area contributed by atoms with E-state index in [0.29, 0.717) is 23.7 Å². The van der Waals surface area contributed by atoms with E-state index in [4.69, 9.17) is 13.9 Å². The quantitative estimate of drug-likeness (QED) is 0.631. The first-order chi connectivity index (χ1) is 11.1. The molecule has 0 unspecified atom stereocenters. The Kier molecular flexibility index (Phi) is 4.42. The molecule has 0 saturated heterocycles. The van der Waals surface area contributed by atoms with E-state index in [9.17, 15) is 4.79 Å². The Balaban J connectivity index is 2.18. The summed E-state index contributed by atoms with van der Waals surface area (Å²) in [5.74, 6) is 1.09. The molecular weight excluding hydrogens is 292 g/mol. The summed E-state index contributed by atoms with van der Waals surface area (Å²) in [4.78, 5) is 12.3. The van der Waals surface area contributed by atoms with Gasteiger partial charge in [0, 0.05) is 10.9 Å². The normalized spacial score (nSPS) is 13.5. The molecule has 4 heteroatoms. The molecule has 23 heavy (non-hydrogen) atoms. The van der Waals surface area contributed by atoms with Gasteiger partial charge in [-0.2, -0.15) is 0 Å². The molecule has 0 fully saturated rings. The Bertz CT molecular complexity index is 810. The molecule has 0 radical (unpaired) electrons. The smallest absolute Gasteiger partial charge is 0.339 e. The van der Waals surface area contributed by atoms with E-state index in [1.54, 1.807) is 7.11 Å². The number of benzene rings is 1. The number of rotatable bonds is 4. The van der Waals surface area contributed by atoms with Gasteiger partial charge in [0.1, 0.15) is 6.61 Å². The summed E-state index contributed by atoms with van der Waals surface area (Å²) >= 11 is 0. The van der Waals surface area contributed by atoms with Crippen LogP contribution in [0.1, 0.15) is 37.8 Å². The first kappa shape index (κ1) is 15.7. The molecule has 4 nitrogen and oxygen atoms in total. The number of methoxy groups -OCH3 is 1. The molecule has 3 rings (SSSR count). The molecule has 0 amide bonds. The number of allylic oxidation sites excluding steroid dienone is 1. The van der Waals surface area contributed by atoms with Crippen LogP contribution in [0.2, 0.25) is 0 Å². The number of hydrogen-bond acceptors (Lipinski definition) is 4. The molecule has 0 atom stereocenters. The van der Waals surface area contributed by atoms with Crippen molar-refractivity contribution in [2.45, 2.75) is 39.5 Å². The third-order valence-corrected chi connectivity index (χ3v) is 4.25. The highest BCUT2D eigenvalue weighted by atomic mass is 16.5. The minimum atomic E-state index is -0.243. The van der Waals surface area contributed by atoms with Gasteiger partial charge in [0.25, 0.3) is 0 Å². The van der Waals surface area contributed by atoms with Gasteiger partial charge in [0.2, 0.25) is 5.75 Å². The van der Waals surface area contributed by atoms with E-state index < -0.39 is 0 Å². The lowest BCUT2D eigenvalue weighted by atomic mass is 9.90. The average Bonchev–Trinajstić information content (AvgIpc) is 2.55. The Morgan fingerprint density at radius 3 is 2.65 bits per heavy atom. The van der Waals surface area contributed by atoms with Gasteiger partial charge in [-0.1, -0.05) is 5.57 Å². The second kappa shape index (κ2) is 6.49. The van der Waals surface area contributed by atoms with Gasteiger partial charge in [-0.25, -0.2) is 4.79 Å². The number of aryl methyl sites for hydroxylation is 1. The minimum absolute atomic E-state index is 0.243. The molecular formula is C19H22O4. The van der Waals surface area contributed by atoms with E-state index in [1.165, 1.54) is 5.57 Å². The van der Waals surface area contributed by atoms with Crippen LogP contribution >= 0.6 is 0 Å². The number of fused-ring (bicyclic) bond motifs is 3. The van der Waals surface area contributed by atoms with E-state index in [2.05, 4.69) is 0 Å². The average molecular weight is 314 g/mol. The van der Waals surface area contributed by atoms with Crippen LogP contribution in [-0.2, 0) is 12.8 Å². The lowest BCUT2D eigenvalue weighted by Crippen LogP contribution is -2.16. The van der Waals surface area contributed by atoms with Crippen molar-refractivity contribution in [2.24, 2.45) is 0 Å². The monoisotopic (exact) mass is 314 g/mol. The fourth-order valence-electron chi connectivity index (χ4n) is 3.05. The van der Waals surface area contributed by atoms with Crippen LogP contribution in [0.5, 0.6) is 11.5 Å². The van der Waals surface area contributed by atoms with E-state index in [1.807, 2.05) is 32.1 Å². The molecule has 0 saturated carbocycles. The van der Waals surface area contributed by atoms with Gasteiger partial charge >= 0.3 is 5.63 Å². The minimum Gasteiger partial charge on any atom is -0.493 e. The van der Waals surface area contributed by atoms with Crippen LogP contribution in [0, 0.1) is 0 Å². The largest absolute Gasteiger partial charge is 0.493 e. The third-order valence-electron chi connectivity index (χ3n) is 4.25. The predicted octanol–water partition coefficient (Wildman–Crippen LogP) is 4.03. The van der Waals surface area contributed by atoms with Crippen molar-refractivity contribution in [1.82, 2.24) is 0 Å². The summed E-state index contributed by atoms with van der Waals surface area (Å²) in [6.45, 7) is 4.44. The molecule has 1 heterocycles. The Morgan fingerprint density at radius 2 is 1.96 bits per heavy atom. The summed E-state index contributed by atoms with van der Waals surface area (Å²) in [5.41, 5.74) is 3.36. The highest BCUT2D eigenvalue weighted by Crippen LogP contribution is 2.38. The Labute approximate surface area is 135 Å². The zero-order valence-corrected chi connectivity index (χ0v) is 13.9. The second-order valence-corrected chi connectivity index (χ2v) is 6.12. The van der Waals surface area contributed by atoms with Crippen molar-refractivity contribution in [3.63, 3.8) is 0 Å². The number of hydrogen-bond donors (Lipinski definition) is 0. The summed E-state index contributed by atoms with van der Waals surface area (Å²) in [6, 6.07) is 3.85. The molecule has 1 aromatic heterocycles.